The maximum atomic E-state index is 13.1. The fourth-order valence-electron chi connectivity index (χ4n) is 2.75. The SMILES string of the molecule is CCC(CC)(C(=O)N[C@@H](CCl)C(C)(C)C)C1=N[C@@H](C(C)C)CO1. The zero-order valence-electron chi connectivity index (χ0n) is 15.7. The van der Waals surface area contributed by atoms with E-state index in [0.29, 0.717) is 37.1 Å². The highest BCUT2D eigenvalue weighted by molar-refractivity contribution is 6.18. The van der Waals surface area contributed by atoms with Crippen LogP contribution in [0.3, 0.4) is 0 Å². The Morgan fingerprint density at radius 2 is 1.91 bits per heavy atom. The van der Waals surface area contributed by atoms with Crippen molar-refractivity contribution in [3.8, 4) is 0 Å². The Hall–Kier alpha value is -0.770. The number of halogens is 1. The molecular weight excluding hydrogens is 312 g/mol. The van der Waals surface area contributed by atoms with E-state index in [9.17, 15) is 4.79 Å². The van der Waals surface area contributed by atoms with Crippen molar-refractivity contribution in [2.45, 2.75) is 73.4 Å². The number of hydrogen-bond acceptors (Lipinski definition) is 3. The molecule has 0 fully saturated rings. The van der Waals surface area contributed by atoms with Gasteiger partial charge in [0.2, 0.25) is 5.91 Å². The van der Waals surface area contributed by atoms with Crippen molar-refractivity contribution in [2.24, 2.45) is 21.7 Å². The fraction of sp³-hybridized carbons (Fsp3) is 0.889. The van der Waals surface area contributed by atoms with Gasteiger partial charge in [-0.1, -0.05) is 48.5 Å². The van der Waals surface area contributed by atoms with E-state index in [1.165, 1.54) is 0 Å². The normalized spacial score (nSPS) is 20.2. The highest BCUT2D eigenvalue weighted by atomic mass is 35.5. The van der Waals surface area contributed by atoms with Gasteiger partial charge in [-0.2, -0.15) is 0 Å². The summed E-state index contributed by atoms with van der Waals surface area (Å²) in [6, 6.07) is 0.0544. The van der Waals surface area contributed by atoms with Gasteiger partial charge in [0.05, 0.1) is 6.04 Å². The molecule has 0 radical (unpaired) electrons. The van der Waals surface area contributed by atoms with E-state index in [1.807, 2.05) is 13.8 Å². The van der Waals surface area contributed by atoms with Crippen molar-refractivity contribution in [3.63, 3.8) is 0 Å². The molecule has 1 amide bonds. The van der Waals surface area contributed by atoms with Crippen LogP contribution >= 0.6 is 11.6 Å². The zero-order chi connectivity index (χ0) is 17.8. The Bertz CT molecular complexity index is 437. The number of ether oxygens (including phenoxy) is 1. The van der Waals surface area contributed by atoms with Gasteiger partial charge in [0.25, 0.3) is 0 Å². The molecule has 1 N–H and O–H groups in total. The third kappa shape index (κ3) is 4.40. The van der Waals surface area contributed by atoms with Crippen LogP contribution in [0.15, 0.2) is 4.99 Å². The zero-order valence-corrected chi connectivity index (χ0v) is 16.5. The first-order valence-corrected chi connectivity index (χ1v) is 9.23. The van der Waals surface area contributed by atoms with Crippen molar-refractivity contribution in [3.05, 3.63) is 0 Å². The van der Waals surface area contributed by atoms with Gasteiger partial charge < -0.3 is 10.1 Å². The molecule has 23 heavy (non-hydrogen) atoms. The summed E-state index contributed by atoms with van der Waals surface area (Å²) in [5.74, 6) is 1.38. The number of aliphatic imine (C=N–C) groups is 1. The molecule has 0 spiro atoms. The van der Waals surface area contributed by atoms with Crippen molar-refractivity contribution < 1.29 is 9.53 Å². The Balaban J connectivity index is 3.05. The highest BCUT2D eigenvalue weighted by Crippen LogP contribution is 2.34. The molecule has 1 rings (SSSR count). The van der Waals surface area contributed by atoms with Crippen LogP contribution in [-0.4, -0.2) is 36.4 Å². The average Bonchev–Trinajstić information content (AvgIpc) is 2.96. The van der Waals surface area contributed by atoms with E-state index < -0.39 is 5.41 Å². The van der Waals surface area contributed by atoms with Gasteiger partial charge in [0.1, 0.15) is 12.0 Å². The molecule has 2 atom stereocenters. The molecule has 1 aliphatic heterocycles. The van der Waals surface area contributed by atoms with Crippen LogP contribution in [0, 0.1) is 16.7 Å². The molecule has 0 saturated carbocycles. The Labute approximate surface area is 146 Å². The summed E-state index contributed by atoms with van der Waals surface area (Å²) in [5.41, 5.74) is -0.789. The highest BCUT2D eigenvalue weighted by Gasteiger charge is 2.46. The summed E-state index contributed by atoms with van der Waals surface area (Å²) in [7, 11) is 0. The predicted octanol–water partition coefficient (Wildman–Crippen LogP) is 4.02. The van der Waals surface area contributed by atoms with Gasteiger partial charge in [-0.3, -0.25) is 4.79 Å². The summed E-state index contributed by atoms with van der Waals surface area (Å²) >= 11 is 6.08. The van der Waals surface area contributed by atoms with Gasteiger partial charge in [-0.15, -0.1) is 11.6 Å². The topological polar surface area (TPSA) is 50.7 Å². The Kier molecular flexibility index (Phi) is 6.94. The number of carbonyl (C=O) groups is 1. The smallest absolute Gasteiger partial charge is 0.235 e. The molecule has 1 aliphatic rings. The second kappa shape index (κ2) is 7.87. The van der Waals surface area contributed by atoms with Crippen LogP contribution < -0.4 is 5.32 Å². The summed E-state index contributed by atoms with van der Waals surface area (Å²) in [5, 5.41) is 3.14. The molecule has 0 aromatic rings. The molecule has 5 heteroatoms. The molecule has 0 unspecified atom stereocenters. The summed E-state index contributed by atoms with van der Waals surface area (Å²) in [4.78, 5) is 17.8. The molecule has 1 heterocycles. The third-order valence-corrected chi connectivity index (χ3v) is 5.31. The van der Waals surface area contributed by atoms with Gasteiger partial charge >= 0.3 is 0 Å². The van der Waals surface area contributed by atoms with E-state index in [1.54, 1.807) is 0 Å². The van der Waals surface area contributed by atoms with Crippen LogP contribution in [0.1, 0.15) is 61.3 Å². The van der Waals surface area contributed by atoms with E-state index >= 15 is 0 Å². The number of alkyl halides is 1. The predicted molar refractivity (Wildman–Crippen MR) is 97.1 cm³/mol. The minimum atomic E-state index is -0.695. The van der Waals surface area contributed by atoms with Crippen molar-refractivity contribution in [1.29, 1.82) is 0 Å². The molecule has 0 bridgehead atoms. The lowest BCUT2D eigenvalue weighted by Crippen LogP contribution is -2.53. The molecule has 0 aromatic carbocycles. The van der Waals surface area contributed by atoms with Gasteiger partial charge in [0, 0.05) is 11.9 Å². The second-order valence-electron chi connectivity index (χ2n) is 7.89. The molecule has 4 nitrogen and oxygen atoms in total. The number of rotatable bonds is 7. The van der Waals surface area contributed by atoms with Crippen LogP contribution in [0.25, 0.3) is 0 Å². The van der Waals surface area contributed by atoms with E-state index in [2.05, 4.69) is 39.9 Å². The number of nitrogens with one attached hydrogen (secondary N) is 1. The Morgan fingerprint density at radius 1 is 1.35 bits per heavy atom. The minimum absolute atomic E-state index is 0.0220. The lowest BCUT2D eigenvalue weighted by atomic mass is 9.79. The minimum Gasteiger partial charge on any atom is -0.478 e. The van der Waals surface area contributed by atoms with Gasteiger partial charge in [0.15, 0.2) is 5.90 Å². The fourth-order valence-corrected chi connectivity index (χ4v) is 3.29. The number of carbonyl (C=O) groups excluding carboxylic acids is 1. The number of amides is 1. The summed E-state index contributed by atoms with van der Waals surface area (Å²) < 4.78 is 5.85. The number of hydrogen-bond donors (Lipinski definition) is 1. The van der Waals surface area contributed by atoms with Gasteiger partial charge in [-0.25, -0.2) is 4.99 Å². The molecule has 134 valence electrons. The van der Waals surface area contributed by atoms with Crippen LogP contribution in [0.2, 0.25) is 0 Å². The average molecular weight is 345 g/mol. The first-order valence-electron chi connectivity index (χ1n) is 8.70. The molecular formula is C18H33ClN2O2. The van der Waals surface area contributed by atoms with Crippen LogP contribution in [0.4, 0.5) is 0 Å². The van der Waals surface area contributed by atoms with E-state index in [0.717, 1.165) is 0 Å². The summed E-state index contributed by atoms with van der Waals surface area (Å²) in [6.45, 7) is 15.1. The monoisotopic (exact) mass is 344 g/mol. The van der Waals surface area contributed by atoms with Crippen LogP contribution in [-0.2, 0) is 9.53 Å². The van der Waals surface area contributed by atoms with E-state index in [4.69, 9.17) is 21.3 Å². The molecule has 0 saturated heterocycles. The Morgan fingerprint density at radius 3 is 2.26 bits per heavy atom. The standard InChI is InChI=1S/C18H33ClN2O2/c1-8-18(9-2,16-20-13(11-23-16)12(3)4)15(22)21-14(10-19)17(5,6)7/h12-14H,8-11H2,1-7H3,(H,21,22)/t13-,14+/m1/s1. The lowest BCUT2D eigenvalue weighted by molar-refractivity contribution is -0.129. The lowest BCUT2D eigenvalue weighted by Gasteiger charge is -2.35. The number of nitrogens with zero attached hydrogens (tertiary/aromatic N) is 1. The van der Waals surface area contributed by atoms with E-state index in [-0.39, 0.29) is 23.4 Å². The van der Waals surface area contributed by atoms with Crippen molar-refractivity contribution >= 4 is 23.4 Å². The van der Waals surface area contributed by atoms with Crippen molar-refractivity contribution in [2.75, 3.05) is 12.5 Å². The van der Waals surface area contributed by atoms with Gasteiger partial charge in [-0.05, 0) is 24.2 Å². The second-order valence-corrected chi connectivity index (χ2v) is 8.20. The maximum Gasteiger partial charge on any atom is 0.235 e. The first-order chi connectivity index (χ1) is 10.6. The third-order valence-electron chi connectivity index (χ3n) is 5.00. The van der Waals surface area contributed by atoms with Crippen LogP contribution in [0.5, 0.6) is 0 Å². The maximum absolute atomic E-state index is 13.1. The van der Waals surface area contributed by atoms with Crippen molar-refractivity contribution in [1.82, 2.24) is 5.32 Å². The molecule has 0 aromatic heterocycles. The largest absolute Gasteiger partial charge is 0.478 e. The molecule has 0 aliphatic carbocycles. The summed E-state index contributed by atoms with van der Waals surface area (Å²) in [6.07, 6.45) is 1.33. The quantitative estimate of drug-likeness (QED) is 0.709. The first kappa shape index (κ1) is 20.3.